The average Bonchev–Trinajstić information content (AvgIpc) is 2.31. The number of aryl methyl sites for hydroxylation is 1. The first kappa shape index (κ1) is 9.08. The lowest BCUT2D eigenvalue weighted by Crippen LogP contribution is -1.79. The number of rotatable bonds is 2. The van der Waals surface area contributed by atoms with Gasteiger partial charge in [0.15, 0.2) is 0 Å². The summed E-state index contributed by atoms with van der Waals surface area (Å²) in [5.41, 5.74) is 1.29. The van der Waals surface area contributed by atoms with E-state index in [1.165, 1.54) is 10.4 Å². The van der Waals surface area contributed by atoms with E-state index >= 15 is 0 Å². The van der Waals surface area contributed by atoms with Gasteiger partial charge in [0.1, 0.15) is 0 Å². The van der Waals surface area contributed by atoms with Crippen LogP contribution in [-0.4, -0.2) is 0 Å². The zero-order valence-electron chi connectivity index (χ0n) is 7.15. The van der Waals surface area contributed by atoms with E-state index in [0.717, 1.165) is 10.8 Å². The molecule has 0 saturated heterocycles. The van der Waals surface area contributed by atoms with Gasteiger partial charge in [-0.3, -0.25) is 0 Å². The van der Waals surface area contributed by atoms with E-state index in [1.807, 2.05) is 0 Å². The van der Waals surface area contributed by atoms with Gasteiger partial charge in [0.2, 0.25) is 0 Å². The van der Waals surface area contributed by atoms with Crippen LogP contribution < -0.4 is 0 Å². The van der Waals surface area contributed by atoms with Crippen LogP contribution in [0.1, 0.15) is 37.1 Å². The average molecular weight is 189 g/mol. The van der Waals surface area contributed by atoms with Crippen LogP contribution in [0.4, 0.5) is 0 Å². The molecule has 62 valence electrons. The first-order chi connectivity index (χ1) is 5.15. The Balaban J connectivity index is 2.95. The Bertz CT molecular complexity index is 238. The SMILES string of the molecule is CCc1cc(C(C)C)sc1Cl. The van der Waals surface area contributed by atoms with Crippen LogP contribution in [0.5, 0.6) is 0 Å². The number of halogens is 1. The number of thiophene rings is 1. The predicted octanol–water partition coefficient (Wildman–Crippen LogP) is 4.09. The molecule has 0 saturated carbocycles. The molecular formula is C9H13ClS. The van der Waals surface area contributed by atoms with Crippen LogP contribution in [0, 0.1) is 0 Å². The van der Waals surface area contributed by atoms with E-state index in [4.69, 9.17) is 11.6 Å². The topological polar surface area (TPSA) is 0 Å². The van der Waals surface area contributed by atoms with Crippen LogP contribution in [0.25, 0.3) is 0 Å². The van der Waals surface area contributed by atoms with Gasteiger partial charge in [0.25, 0.3) is 0 Å². The lowest BCUT2D eigenvalue weighted by Gasteiger charge is -1.96. The van der Waals surface area contributed by atoms with E-state index in [0.29, 0.717) is 5.92 Å². The van der Waals surface area contributed by atoms with Gasteiger partial charge in [0, 0.05) is 4.88 Å². The van der Waals surface area contributed by atoms with Crippen LogP contribution in [0.15, 0.2) is 6.07 Å². The van der Waals surface area contributed by atoms with Crippen molar-refractivity contribution in [3.05, 3.63) is 20.8 Å². The highest BCUT2D eigenvalue weighted by Crippen LogP contribution is 2.32. The summed E-state index contributed by atoms with van der Waals surface area (Å²) in [6.07, 6.45) is 1.04. The Hall–Kier alpha value is -0.0100. The summed E-state index contributed by atoms with van der Waals surface area (Å²) in [6, 6.07) is 2.22. The molecular weight excluding hydrogens is 176 g/mol. The first-order valence-corrected chi connectivity index (χ1v) is 5.12. The second kappa shape index (κ2) is 3.59. The summed E-state index contributed by atoms with van der Waals surface area (Å²) in [5.74, 6) is 0.609. The first-order valence-electron chi connectivity index (χ1n) is 3.93. The monoisotopic (exact) mass is 188 g/mol. The van der Waals surface area contributed by atoms with Crippen molar-refractivity contribution in [3.8, 4) is 0 Å². The van der Waals surface area contributed by atoms with Gasteiger partial charge in [0.05, 0.1) is 4.34 Å². The fourth-order valence-corrected chi connectivity index (χ4v) is 2.39. The molecule has 0 fully saturated rings. The Kier molecular flexibility index (Phi) is 2.97. The molecule has 0 unspecified atom stereocenters. The highest BCUT2D eigenvalue weighted by atomic mass is 35.5. The van der Waals surface area contributed by atoms with Crippen molar-refractivity contribution < 1.29 is 0 Å². The molecule has 0 aromatic carbocycles. The third kappa shape index (κ3) is 1.97. The quantitative estimate of drug-likeness (QED) is 0.656. The van der Waals surface area contributed by atoms with Gasteiger partial charge in [-0.1, -0.05) is 32.4 Å². The largest absolute Gasteiger partial charge is 0.128 e. The third-order valence-corrected chi connectivity index (χ3v) is 3.47. The van der Waals surface area contributed by atoms with Crippen LogP contribution in [0.3, 0.4) is 0 Å². The smallest absolute Gasteiger partial charge is 0.0963 e. The molecule has 2 heteroatoms. The maximum Gasteiger partial charge on any atom is 0.0963 e. The summed E-state index contributed by atoms with van der Waals surface area (Å²) in [5, 5.41) is 0. The van der Waals surface area contributed by atoms with E-state index in [1.54, 1.807) is 11.3 Å². The van der Waals surface area contributed by atoms with Gasteiger partial charge in [-0.15, -0.1) is 11.3 Å². The van der Waals surface area contributed by atoms with Crippen molar-refractivity contribution in [2.45, 2.75) is 33.1 Å². The normalized spacial score (nSPS) is 11.0. The molecule has 0 atom stereocenters. The zero-order chi connectivity index (χ0) is 8.43. The Morgan fingerprint density at radius 3 is 2.45 bits per heavy atom. The second-order valence-electron chi connectivity index (χ2n) is 2.96. The summed E-state index contributed by atoms with van der Waals surface area (Å²) < 4.78 is 0.969. The molecule has 0 aliphatic carbocycles. The fourth-order valence-electron chi connectivity index (χ4n) is 0.953. The maximum atomic E-state index is 6.01. The van der Waals surface area contributed by atoms with Gasteiger partial charge < -0.3 is 0 Å². The van der Waals surface area contributed by atoms with Crippen molar-refractivity contribution in [1.82, 2.24) is 0 Å². The van der Waals surface area contributed by atoms with Crippen molar-refractivity contribution >= 4 is 22.9 Å². The molecule has 0 N–H and O–H groups in total. The Morgan fingerprint density at radius 1 is 1.55 bits per heavy atom. The van der Waals surface area contributed by atoms with Crippen LogP contribution >= 0.6 is 22.9 Å². The lowest BCUT2D eigenvalue weighted by molar-refractivity contribution is 0.887. The molecule has 1 rings (SSSR count). The van der Waals surface area contributed by atoms with Crippen molar-refractivity contribution in [1.29, 1.82) is 0 Å². The Morgan fingerprint density at radius 2 is 2.18 bits per heavy atom. The van der Waals surface area contributed by atoms with Crippen molar-refractivity contribution in [2.24, 2.45) is 0 Å². The molecule has 0 nitrogen and oxygen atoms in total. The van der Waals surface area contributed by atoms with E-state index in [-0.39, 0.29) is 0 Å². The minimum absolute atomic E-state index is 0.609. The van der Waals surface area contributed by atoms with Gasteiger partial charge >= 0.3 is 0 Å². The van der Waals surface area contributed by atoms with Crippen molar-refractivity contribution in [3.63, 3.8) is 0 Å². The maximum absolute atomic E-state index is 6.01. The van der Waals surface area contributed by atoms with Crippen molar-refractivity contribution in [2.75, 3.05) is 0 Å². The summed E-state index contributed by atoms with van der Waals surface area (Å²) >= 11 is 7.72. The third-order valence-electron chi connectivity index (χ3n) is 1.73. The zero-order valence-corrected chi connectivity index (χ0v) is 8.72. The molecule has 0 aliphatic rings. The lowest BCUT2D eigenvalue weighted by atomic mass is 10.1. The van der Waals surface area contributed by atoms with Gasteiger partial charge in [-0.2, -0.15) is 0 Å². The molecule has 1 heterocycles. The van der Waals surface area contributed by atoms with E-state index in [9.17, 15) is 0 Å². The molecule has 11 heavy (non-hydrogen) atoms. The summed E-state index contributed by atoms with van der Waals surface area (Å²) in [6.45, 7) is 6.53. The fraction of sp³-hybridized carbons (Fsp3) is 0.556. The number of hydrogen-bond donors (Lipinski definition) is 0. The van der Waals surface area contributed by atoms with E-state index in [2.05, 4.69) is 26.8 Å². The molecule has 0 spiro atoms. The van der Waals surface area contributed by atoms with E-state index < -0.39 is 0 Å². The molecule has 1 aromatic rings. The Labute approximate surface area is 77.2 Å². The minimum atomic E-state index is 0.609. The van der Waals surface area contributed by atoms with Gasteiger partial charge in [-0.25, -0.2) is 0 Å². The molecule has 0 amide bonds. The molecule has 1 aromatic heterocycles. The predicted molar refractivity (Wildman–Crippen MR) is 52.8 cm³/mol. The highest BCUT2D eigenvalue weighted by Gasteiger charge is 2.07. The van der Waals surface area contributed by atoms with Crippen LogP contribution in [-0.2, 0) is 6.42 Å². The number of hydrogen-bond acceptors (Lipinski definition) is 1. The standard InChI is InChI=1S/C9H13ClS/c1-4-7-5-8(6(2)3)11-9(7)10/h5-6H,4H2,1-3H3. The molecule has 0 bridgehead atoms. The molecule has 0 aliphatic heterocycles. The minimum Gasteiger partial charge on any atom is -0.128 e. The summed E-state index contributed by atoms with van der Waals surface area (Å²) in [4.78, 5) is 1.40. The highest BCUT2D eigenvalue weighted by molar-refractivity contribution is 7.16. The van der Waals surface area contributed by atoms with Crippen LogP contribution in [0.2, 0.25) is 4.34 Å². The molecule has 0 radical (unpaired) electrons. The summed E-state index contributed by atoms with van der Waals surface area (Å²) in [7, 11) is 0. The van der Waals surface area contributed by atoms with Gasteiger partial charge in [-0.05, 0) is 24.0 Å². The second-order valence-corrected chi connectivity index (χ2v) is 4.64.